The number of fused-ring (bicyclic) bond motifs is 1. The highest BCUT2D eigenvalue weighted by molar-refractivity contribution is 7.53. The predicted molar refractivity (Wildman–Crippen MR) is 107 cm³/mol. The van der Waals surface area contributed by atoms with Crippen molar-refractivity contribution in [2.75, 3.05) is 0 Å². The lowest BCUT2D eigenvalue weighted by molar-refractivity contribution is 0.141. The molecule has 0 bridgehead atoms. The summed E-state index contributed by atoms with van der Waals surface area (Å²) < 4.78 is 27.1. The molecule has 5 heteroatoms. The molecule has 0 aliphatic heterocycles. The number of hydrogen-bond donors (Lipinski definition) is 0. The fourth-order valence-electron chi connectivity index (χ4n) is 3.13. The van der Waals surface area contributed by atoms with Crippen molar-refractivity contribution >= 4 is 13.1 Å². The molecule has 0 spiro atoms. The van der Waals surface area contributed by atoms with Crippen molar-refractivity contribution in [1.29, 1.82) is 0 Å². The van der Waals surface area contributed by atoms with E-state index in [0.29, 0.717) is 0 Å². The van der Waals surface area contributed by atoms with Gasteiger partial charge >= 0.3 is 7.60 Å². The van der Waals surface area contributed by atoms with Crippen LogP contribution in [0.4, 0.5) is 0 Å². The van der Waals surface area contributed by atoms with Crippen LogP contribution in [0.3, 0.4) is 0 Å². The van der Waals surface area contributed by atoms with Gasteiger partial charge in [0.15, 0.2) is 0 Å². The van der Waals surface area contributed by atoms with Crippen molar-refractivity contribution in [2.24, 2.45) is 0 Å². The van der Waals surface area contributed by atoms with Crippen LogP contribution >= 0.6 is 7.60 Å². The average Bonchev–Trinajstić information content (AvgIpc) is 2.92. The molecule has 0 unspecified atom stereocenters. The Balaban J connectivity index is 2.12. The summed E-state index contributed by atoms with van der Waals surface area (Å²) in [7, 11) is -3.29. The third kappa shape index (κ3) is 4.27. The van der Waals surface area contributed by atoms with E-state index < -0.39 is 7.60 Å². The first-order chi connectivity index (χ1) is 12.4. The van der Waals surface area contributed by atoms with E-state index in [1.54, 1.807) is 0 Å². The summed E-state index contributed by atoms with van der Waals surface area (Å²) in [5, 5.41) is 0. The second-order valence-electron chi connectivity index (χ2n) is 6.94. The number of benzene rings is 1. The summed E-state index contributed by atoms with van der Waals surface area (Å²) in [6, 6.07) is 18.3. The molecule has 0 saturated carbocycles. The molecule has 26 heavy (non-hydrogen) atoms. The van der Waals surface area contributed by atoms with Gasteiger partial charge in [0, 0.05) is 23.0 Å². The zero-order valence-electron chi connectivity index (χ0n) is 15.8. The summed E-state index contributed by atoms with van der Waals surface area (Å²) >= 11 is 0. The molecule has 0 aliphatic rings. The first kappa shape index (κ1) is 18.9. The van der Waals surface area contributed by atoms with E-state index in [0.717, 1.165) is 22.3 Å². The second-order valence-corrected chi connectivity index (χ2v) is 8.90. The SMILES string of the molecule is CC(C)OP(=O)(Cc1c(-c2ccccc2)cc2ccccn12)OC(C)C. The molecular weight excluding hydrogens is 345 g/mol. The van der Waals surface area contributed by atoms with Crippen molar-refractivity contribution < 1.29 is 13.6 Å². The van der Waals surface area contributed by atoms with Crippen LogP contribution in [0, 0.1) is 0 Å². The van der Waals surface area contributed by atoms with Crippen molar-refractivity contribution in [1.82, 2.24) is 4.40 Å². The Kier molecular flexibility index (Phi) is 5.67. The van der Waals surface area contributed by atoms with Gasteiger partial charge in [-0.2, -0.15) is 0 Å². The van der Waals surface area contributed by atoms with E-state index in [-0.39, 0.29) is 18.4 Å². The maximum absolute atomic E-state index is 13.5. The van der Waals surface area contributed by atoms with E-state index in [1.807, 2.05) is 70.3 Å². The van der Waals surface area contributed by atoms with Gasteiger partial charge in [-0.05, 0) is 51.5 Å². The number of aromatic nitrogens is 1. The molecule has 2 heterocycles. The predicted octanol–water partition coefficient (Wildman–Crippen LogP) is 6.15. The van der Waals surface area contributed by atoms with Gasteiger partial charge in [-0.1, -0.05) is 36.4 Å². The molecular formula is C21H26NO3P. The first-order valence-electron chi connectivity index (χ1n) is 8.98. The van der Waals surface area contributed by atoms with Crippen molar-refractivity contribution in [3.8, 4) is 11.1 Å². The lowest BCUT2D eigenvalue weighted by Crippen LogP contribution is -2.10. The summed E-state index contributed by atoms with van der Waals surface area (Å²) in [6.07, 6.45) is 1.87. The molecule has 3 rings (SSSR count). The minimum atomic E-state index is -3.29. The van der Waals surface area contributed by atoms with Gasteiger partial charge in [0.1, 0.15) is 0 Å². The molecule has 0 aliphatic carbocycles. The highest BCUT2D eigenvalue weighted by Gasteiger charge is 2.31. The molecule has 0 fully saturated rings. The fourth-order valence-corrected chi connectivity index (χ4v) is 5.31. The molecule has 0 N–H and O–H groups in total. The van der Waals surface area contributed by atoms with Crippen molar-refractivity contribution in [3.05, 3.63) is 66.5 Å². The maximum atomic E-state index is 13.5. The first-order valence-corrected chi connectivity index (χ1v) is 10.7. The quantitative estimate of drug-likeness (QED) is 0.468. The zero-order valence-corrected chi connectivity index (χ0v) is 16.6. The van der Waals surface area contributed by atoms with Crippen LogP contribution in [-0.2, 0) is 19.8 Å². The van der Waals surface area contributed by atoms with E-state index in [4.69, 9.17) is 9.05 Å². The third-order valence-corrected chi connectivity index (χ3v) is 6.13. The maximum Gasteiger partial charge on any atom is 0.337 e. The molecule has 1 aromatic carbocycles. The van der Waals surface area contributed by atoms with Crippen LogP contribution in [0.25, 0.3) is 16.6 Å². The highest BCUT2D eigenvalue weighted by atomic mass is 31.2. The topological polar surface area (TPSA) is 39.9 Å². The third-order valence-electron chi connectivity index (χ3n) is 3.96. The smallest absolute Gasteiger partial charge is 0.320 e. The Labute approximate surface area is 155 Å². The van der Waals surface area contributed by atoms with Gasteiger partial charge in [0.25, 0.3) is 0 Å². The lowest BCUT2D eigenvalue weighted by atomic mass is 10.1. The van der Waals surface area contributed by atoms with E-state index in [1.165, 1.54) is 0 Å². The fraction of sp³-hybridized carbons (Fsp3) is 0.333. The van der Waals surface area contributed by atoms with Crippen molar-refractivity contribution in [2.45, 2.75) is 46.1 Å². The van der Waals surface area contributed by atoms with E-state index >= 15 is 0 Å². The van der Waals surface area contributed by atoms with Gasteiger partial charge in [-0.3, -0.25) is 4.57 Å². The molecule has 3 aromatic rings. The number of pyridine rings is 1. The monoisotopic (exact) mass is 371 g/mol. The Hall–Kier alpha value is -1.87. The Bertz CT molecular complexity index is 901. The van der Waals surface area contributed by atoms with Crippen molar-refractivity contribution in [3.63, 3.8) is 0 Å². The summed E-state index contributed by atoms with van der Waals surface area (Å²) in [5.74, 6) is 0. The molecule has 0 atom stereocenters. The van der Waals surface area contributed by atoms with Gasteiger partial charge in [0.05, 0.1) is 18.4 Å². The molecule has 0 saturated heterocycles. The van der Waals surface area contributed by atoms with E-state index in [9.17, 15) is 4.57 Å². The largest absolute Gasteiger partial charge is 0.337 e. The Morgan fingerprint density at radius 1 is 0.923 bits per heavy atom. The summed E-state index contributed by atoms with van der Waals surface area (Å²) in [4.78, 5) is 0. The minimum Gasteiger partial charge on any atom is -0.320 e. The van der Waals surface area contributed by atoms with Gasteiger partial charge in [0.2, 0.25) is 0 Å². The zero-order chi connectivity index (χ0) is 18.7. The summed E-state index contributed by atoms with van der Waals surface area (Å²) in [6.45, 7) is 7.52. The van der Waals surface area contributed by atoms with Crippen LogP contribution in [0.1, 0.15) is 33.4 Å². The standard InChI is InChI=1S/C21H26NO3P/c1-16(2)24-26(23,25-17(3)4)15-21-20(18-10-6-5-7-11-18)14-19-12-8-9-13-22(19)21/h5-14,16-17H,15H2,1-4H3. The van der Waals surface area contributed by atoms with E-state index in [2.05, 4.69) is 22.6 Å². The number of hydrogen-bond acceptors (Lipinski definition) is 3. The molecule has 2 aromatic heterocycles. The molecule has 0 radical (unpaired) electrons. The average molecular weight is 371 g/mol. The normalized spacial score (nSPS) is 12.4. The van der Waals surface area contributed by atoms with Crippen LogP contribution in [0.5, 0.6) is 0 Å². The van der Waals surface area contributed by atoms with Gasteiger partial charge in [-0.25, -0.2) is 0 Å². The lowest BCUT2D eigenvalue weighted by Gasteiger charge is -2.23. The molecule has 138 valence electrons. The number of nitrogens with zero attached hydrogens (tertiary/aromatic N) is 1. The molecule has 0 amide bonds. The van der Waals surface area contributed by atoms with Crippen LogP contribution in [-0.4, -0.2) is 16.6 Å². The van der Waals surface area contributed by atoms with Gasteiger partial charge < -0.3 is 13.4 Å². The Morgan fingerprint density at radius 3 is 2.15 bits per heavy atom. The highest BCUT2D eigenvalue weighted by Crippen LogP contribution is 2.54. The number of rotatable bonds is 7. The molecule has 4 nitrogen and oxygen atoms in total. The minimum absolute atomic E-state index is 0.175. The second kappa shape index (κ2) is 7.79. The Morgan fingerprint density at radius 2 is 1.54 bits per heavy atom. The van der Waals surface area contributed by atoms with Crippen LogP contribution in [0.15, 0.2) is 60.8 Å². The van der Waals surface area contributed by atoms with Gasteiger partial charge in [-0.15, -0.1) is 0 Å². The summed E-state index contributed by atoms with van der Waals surface area (Å²) in [5.41, 5.74) is 4.14. The van der Waals surface area contributed by atoms with Crippen LogP contribution in [0.2, 0.25) is 0 Å². The van der Waals surface area contributed by atoms with Crippen LogP contribution < -0.4 is 0 Å².